The monoisotopic (exact) mass is 292 g/mol. The van der Waals surface area contributed by atoms with Crippen LogP contribution in [-0.4, -0.2) is 62.6 Å². The fourth-order valence-corrected chi connectivity index (χ4v) is 3.49. The minimum absolute atomic E-state index is 0.144. The van der Waals surface area contributed by atoms with Crippen LogP contribution in [0.4, 0.5) is 0 Å². The van der Waals surface area contributed by atoms with Crippen molar-refractivity contribution >= 4 is 5.91 Å². The summed E-state index contributed by atoms with van der Waals surface area (Å²) in [6.45, 7) is 1.94. The molecule has 1 saturated heterocycles. The molecule has 0 aromatic carbocycles. The average Bonchev–Trinajstić information content (AvgIpc) is 2.93. The van der Waals surface area contributed by atoms with Crippen molar-refractivity contribution in [2.45, 2.75) is 50.8 Å². The van der Waals surface area contributed by atoms with Crippen LogP contribution in [0.3, 0.4) is 0 Å². The molecule has 0 spiro atoms. The number of hydrogen-bond donors (Lipinski definition) is 2. The van der Waals surface area contributed by atoms with Crippen LogP contribution in [0.1, 0.15) is 37.9 Å². The number of β-amino-alcohol motifs (C(OH)–C–C–N with tert-alkyl or cyclic N) is 1. The minimum Gasteiger partial charge on any atom is -0.390 e. The Morgan fingerprint density at radius 1 is 1.29 bits per heavy atom. The van der Waals surface area contributed by atoms with Gasteiger partial charge < -0.3 is 15.0 Å². The van der Waals surface area contributed by atoms with E-state index >= 15 is 0 Å². The Kier molecular flexibility index (Phi) is 4.55. The van der Waals surface area contributed by atoms with Gasteiger partial charge in [-0.3, -0.25) is 9.69 Å². The lowest BCUT2D eigenvalue weighted by atomic mass is 9.94. The molecule has 2 N–H and O–H groups in total. The van der Waals surface area contributed by atoms with Crippen molar-refractivity contribution < 1.29 is 9.90 Å². The first-order chi connectivity index (χ1) is 10.2. The summed E-state index contributed by atoms with van der Waals surface area (Å²) in [5, 5.41) is 10.2. The number of carbonyl (C=O) groups excluding carboxylic acids is 1. The van der Waals surface area contributed by atoms with Crippen molar-refractivity contribution in [1.29, 1.82) is 0 Å². The normalized spacial score (nSPS) is 26.0. The highest BCUT2D eigenvalue weighted by molar-refractivity contribution is 5.79. The molecule has 2 fully saturated rings. The van der Waals surface area contributed by atoms with Gasteiger partial charge in [0.05, 0.1) is 19.2 Å². The van der Waals surface area contributed by atoms with Gasteiger partial charge in [0.25, 0.3) is 0 Å². The molecule has 1 atom stereocenters. The Bertz CT molecular complexity index is 456. The molecule has 1 aliphatic carbocycles. The summed E-state index contributed by atoms with van der Waals surface area (Å²) >= 11 is 0. The molecule has 1 amide bonds. The van der Waals surface area contributed by atoms with Gasteiger partial charge in [-0.2, -0.15) is 0 Å². The van der Waals surface area contributed by atoms with Crippen molar-refractivity contribution in [2.75, 3.05) is 19.6 Å². The number of carbonyl (C=O) groups is 1. The quantitative estimate of drug-likeness (QED) is 0.862. The summed E-state index contributed by atoms with van der Waals surface area (Å²) < 4.78 is 0. The summed E-state index contributed by atoms with van der Waals surface area (Å²) in [6.07, 6.45) is 8.83. The minimum atomic E-state index is -0.478. The van der Waals surface area contributed by atoms with Gasteiger partial charge in [-0.05, 0) is 12.8 Å². The first-order valence-electron chi connectivity index (χ1n) is 7.90. The number of rotatable bonds is 3. The molecule has 6 nitrogen and oxygen atoms in total. The number of H-pyrrole nitrogens is 1. The van der Waals surface area contributed by atoms with Crippen LogP contribution >= 0.6 is 0 Å². The van der Waals surface area contributed by atoms with E-state index in [0.717, 1.165) is 18.7 Å². The molecule has 2 aliphatic rings. The fourth-order valence-electron chi connectivity index (χ4n) is 3.49. The van der Waals surface area contributed by atoms with Crippen molar-refractivity contribution in [1.82, 2.24) is 19.8 Å². The lowest BCUT2D eigenvalue weighted by Gasteiger charge is -2.34. The summed E-state index contributed by atoms with van der Waals surface area (Å²) in [4.78, 5) is 23.7. The summed E-state index contributed by atoms with van der Waals surface area (Å²) in [6, 6.07) is 0.324. The SMILES string of the molecule is O=C1CN(Cc2ncc[nH]2)CC(O)CN1C1CCCCC1. The highest BCUT2D eigenvalue weighted by Crippen LogP contribution is 2.24. The smallest absolute Gasteiger partial charge is 0.237 e. The average molecular weight is 292 g/mol. The molecular weight excluding hydrogens is 268 g/mol. The zero-order chi connectivity index (χ0) is 14.7. The molecule has 1 aromatic rings. The number of nitrogens with zero attached hydrogens (tertiary/aromatic N) is 3. The Labute approximate surface area is 125 Å². The number of nitrogens with one attached hydrogen (secondary N) is 1. The second-order valence-electron chi connectivity index (χ2n) is 6.20. The standard InChI is InChI=1S/C15H24N4O2/c20-13-8-18(10-14-16-6-7-17-14)11-15(21)19(9-13)12-4-2-1-3-5-12/h6-7,12-13,20H,1-5,8-11H2,(H,16,17). The molecule has 1 saturated carbocycles. The highest BCUT2D eigenvalue weighted by atomic mass is 16.3. The molecule has 116 valence electrons. The Morgan fingerprint density at radius 2 is 2.10 bits per heavy atom. The first-order valence-corrected chi connectivity index (χ1v) is 7.90. The molecule has 2 heterocycles. The number of aliphatic hydroxyl groups excluding tert-OH is 1. The van der Waals surface area contributed by atoms with Crippen molar-refractivity contribution in [3.63, 3.8) is 0 Å². The van der Waals surface area contributed by atoms with Gasteiger partial charge in [0.2, 0.25) is 5.91 Å². The van der Waals surface area contributed by atoms with Crippen molar-refractivity contribution in [2.24, 2.45) is 0 Å². The van der Waals surface area contributed by atoms with Crippen LogP contribution in [-0.2, 0) is 11.3 Å². The zero-order valence-corrected chi connectivity index (χ0v) is 12.4. The molecule has 1 aliphatic heterocycles. The molecule has 3 rings (SSSR count). The molecule has 0 radical (unpaired) electrons. The predicted molar refractivity (Wildman–Crippen MR) is 78.5 cm³/mol. The highest BCUT2D eigenvalue weighted by Gasteiger charge is 2.32. The largest absolute Gasteiger partial charge is 0.390 e. The third kappa shape index (κ3) is 3.63. The van der Waals surface area contributed by atoms with E-state index in [-0.39, 0.29) is 5.91 Å². The van der Waals surface area contributed by atoms with Gasteiger partial charge in [-0.1, -0.05) is 19.3 Å². The fraction of sp³-hybridized carbons (Fsp3) is 0.733. The number of amides is 1. The summed E-state index contributed by atoms with van der Waals surface area (Å²) in [5.74, 6) is 0.978. The Morgan fingerprint density at radius 3 is 2.81 bits per heavy atom. The maximum Gasteiger partial charge on any atom is 0.237 e. The number of hydrogen-bond acceptors (Lipinski definition) is 4. The van der Waals surface area contributed by atoms with E-state index in [1.807, 2.05) is 9.80 Å². The third-order valence-corrected chi connectivity index (χ3v) is 4.50. The second kappa shape index (κ2) is 6.58. The number of aliphatic hydroxyl groups is 1. The molecule has 21 heavy (non-hydrogen) atoms. The van der Waals surface area contributed by atoms with E-state index < -0.39 is 6.10 Å². The number of aromatic amines is 1. The van der Waals surface area contributed by atoms with E-state index in [0.29, 0.717) is 32.2 Å². The molecule has 6 heteroatoms. The van der Waals surface area contributed by atoms with Crippen molar-refractivity contribution in [3.8, 4) is 0 Å². The van der Waals surface area contributed by atoms with Gasteiger partial charge in [-0.15, -0.1) is 0 Å². The van der Waals surface area contributed by atoms with E-state index in [2.05, 4.69) is 9.97 Å². The van der Waals surface area contributed by atoms with Crippen LogP contribution in [0.5, 0.6) is 0 Å². The maximum atomic E-state index is 12.5. The topological polar surface area (TPSA) is 72.5 Å². The van der Waals surface area contributed by atoms with Crippen LogP contribution in [0.25, 0.3) is 0 Å². The van der Waals surface area contributed by atoms with Crippen molar-refractivity contribution in [3.05, 3.63) is 18.2 Å². The van der Waals surface area contributed by atoms with Crippen LogP contribution in [0, 0.1) is 0 Å². The third-order valence-electron chi connectivity index (χ3n) is 4.50. The Balaban J connectivity index is 1.65. The first kappa shape index (κ1) is 14.5. The van der Waals surface area contributed by atoms with E-state index in [9.17, 15) is 9.90 Å². The second-order valence-corrected chi connectivity index (χ2v) is 6.20. The van der Waals surface area contributed by atoms with Crippen LogP contribution in [0.15, 0.2) is 12.4 Å². The van der Waals surface area contributed by atoms with E-state index in [4.69, 9.17) is 0 Å². The molecule has 1 unspecified atom stereocenters. The van der Waals surface area contributed by atoms with Gasteiger partial charge >= 0.3 is 0 Å². The molecule has 0 bridgehead atoms. The predicted octanol–water partition coefficient (Wildman–Crippen LogP) is 0.747. The lowest BCUT2D eigenvalue weighted by molar-refractivity contribution is -0.134. The summed E-state index contributed by atoms with van der Waals surface area (Å²) in [5.41, 5.74) is 0. The lowest BCUT2D eigenvalue weighted by Crippen LogP contribution is -2.45. The number of aromatic nitrogens is 2. The van der Waals surface area contributed by atoms with Gasteiger partial charge in [-0.25, -0.2) is 4.98 Å². The van der Waals surface area contributed by atoms with Crippen LogP contribution in [0.2, 0.25) is 0 Å². The molecule has 1 aromatic heterocycles. The van der Waals surface area contributed by atoms with E-state index in [1.165, 1.54) is 19.3 Å². The Hall–Kier alpha value is -1.40. The number of imidazole rings is 1. The van der Waals surface area contributed by atoms with E-state index in [1.54, 1.807) is 12.4 Å². The van der Waals surface area contributed by atoms with Gasteiger partial charge in [0, 0.05) is 31.5 Å². The molecular formula is C15H24N4O2. The van der Waals surface area contributed by atoms with Crippen LogP contribution < -0.4 is 0 Å². The zero-order valence-electron chi connectivity index (χ0n) is 12.4. The maximum absolute atomic E-state index is 12.5. The van der Waals surface area contributed by atoms with Gasteiger partial charge in [0.1, 0.15) is 5.82 Å². The van der Waals surface area contributed by atoms with Gasteiger partial charge in [0.15, 0.2) is 0 Å². The summed E-state index contributed by atoms with van der Waals surface area (Å²) in [7, 11) is 0.